The fourth-order valence-corrected chi connectivity index (χ4v) is 1.38. The molecule has 2 N–H and O–H groups in total. The number of nitrogens with zero attached hydrogens (tertiary/aromatic N) is 3. The van der Waals surface area contributed by atoms with Crippen molar-refractivity contribution in [2.24, 2.45) is 0 Å². The van der Waals surface area contributed by atoms with Crippen LogP contribution in [0.5, 0.6) is 0 Å². The maximum atomic E-state index is 11.2. The van der Waals surface area contributed by atoms with Gasteiger partial charge in [-0.15, -0.1) is 10.2 Å². The smallest absolute Gasteiger partial charge is 0.339 e. The van der Waals surface area contributed by atoms with Crippen molar-refractivity contribution in [2.45, 2.75) is 6.10 Å². The first kappa shape index (κ1) is 11.2. The molecule has 7 heteroatoms. The molecular formula is C10H10N4O3. The summed E-state index contributed by atoms with van der Waals surface area (Å²) in [5.41, 5.74) is 1.07. The highest BCUT2D eigenvalue weighted by molar-refractivity contribution is 5.76. The Kier molecular flexibility index (Phi) is 3.10. The Morgan fingerprint density at radius 3 is 3.00 bits per heavy atom. The number of carbonyl (C=O) groups excluding carboxylic acids is 1. The van der Waals surface area contributed by atoms with Crippen LogP contribution in [0.2, 0.25) is 0 Å². The van der Waals surface area contributed by atoms with E-state index in [4.69, 9.17) is 0 Å². The Bertz CT molecular complexity index is 512. The molecule has 7 nitrogen and oxygen atoms in total. The SMILES string of the molecule is COC(=O)C(O)c1cccc(-c2nn[nH]n2)c1. The Hall–Kier alpha value is -2.28. The van der Waals surface area contributed by atoms with Crippen LogP contribution in [0.3, 0.4) is 0 Å². The van der Waals surface area contributed by atoms with Gasteiger partial charge in [0.1, 0.15) is 0 Å². The van der Waals surface area contributed by atoms with E-state index in [-0.39, 0.29) is 0 Å². The van der Waals surface area contributed by atoms with Crippen molar-refractivity contribution in [3.63, 3.8) is 0 Å². The van der Waals surface area contributed by atoms with Gasteiger partial charge in [-0.3, -0.25) is 0 Å². The number of methoxy groups -OCH3 is 1. The highest BCUT2D eigenvalue weighted by atomic mass is 16.5. The number of hydrogen-bond acceptors (Lipinski definition) is 6. The molecule has 17 heavy (non-hydrogen) atoms. The van der Waals surface area contributed by atoms with Crippen LogP contribution in [0.1, 0.15) is 11.7 Å². The first-order valence-electron chi connectivity index (χ1n) is 4.82. The third kappa shape index (κ3) is 2.28. The predicted molar refractivity (Wildman–Crippen MR) is 56.6 cm³/mol. The number of H-pyrrole nitrogens is 1. The van der Waals surface area contributed by atoms with Crippen LogP contribution in [-0.4, -0.2) is 38.8 Å². The number of aromatic amines is 1. The molecule has 1 aromatic carbocycles. The van der Waals surface area contributed by atoms with Crippen molar-refractivity contribution in [1.29, 1.82) is 0 Å². The van der Waals surface area contributed by atoms with Crippen molar-refractivity contribution >= 4 is 5.97 Å². The Balaban J connectivity index is 2.32. The average Bonchev–Trinajstić information content (AvgIpc) is 2.91. The molecular weight excluding hydrogens is 224 g/mol. The fraction of sp³-hybridized carbons (Fsp3) is 0.200. The highest BCUT2D eigenvalue weighted by Gasteiger charge is 2.18. The van der Waals surface area contributed by atoms with Crippen molar-refractivity contribution in [2.75, 3.05) is 7.11 Å². The minimum absolute atomic E-state index is 0.393. The van der Waals surface area contributed by atoms with Gasteiger partial charge in [-0.1, -0.05) is 18.2 Å². The maximum absolute atomic E-state index is 11.2. The van der Waals surface area contributed by atoms with Crippen LogP contribution in [0.4, 0.5) is 0 Å². The minimum Gasteiger partial charge on any atom is -0.467 e. The number of hydrogen-bond donors (Lipinski definition) is 2. The van der Waals surface area contributed by atoms with Gasteiger partial charge in [0, 0.05) is 5.56 Å². The lowest BCUT2D eigenvalue weighted by Gasteiger charge is -2.08. The van der Waals surface area contributed by atoms with Gasteiger partial charge in [0.25, 0.3) is 0 Å². The van der Waals surface area contributed by atoms with E-state index in [1.54, 1.807) is 24.3 Å². The third-order valence-electron chi connectivity index (χ3n) is 2.23. The molecule has 1 unspecified atom stereocenters. The second kappa shape index (κ2) is 4.71. The molecule has 1 aromatic heterocycles. The third-order valence-corrected chi connectivity index (χ3v) is 2.23. The monoisotopic (exact) mass is 234 g/mol. The zero-order valence-corrected chi connectivity index (χ0v) is 8.99. The van der Waals surface area contributed by atoms with Crippen molar-refractivity contribution < 1.29 is 14.6 Å². The molecule has 0 saturated heterocycles. The van der Waals surface area contributed by atoms with Crippen molar-refractivity contribution in [3.8, 4) is 11.4 Å². The van der Waals surface area contributed by atoms with Crippen LogP contribution in [0.25, 0.3) is 11.4 Å². The van der Waals surface area contributed by atoms with Gasteiger partial charge in [0.05, 0.1) is 7.11 Å². The molecule has 2 aromatic rings. The van der Waals surface area contributed by atoms with Gasteiger partial charge in [0.15, 0.2) is 6.10 Å². The second-order valence-electron chi connectivity index (χ2n) is 3.29. The van der Waals surface area contributed by atoms with Crippen LogP contribution in [-0.2, 0) is 9.53 Å². The normalized spacial score (nSPS) is 12.1. The molecule has 0 amide bonds. The summed E-state index contributed by atoms with van der Waals surface area (Å²) >= 11 is 0. The van der Waals surface area contributed by atoms with E-state index in [9.17, 15) is 9.90 Å². The van der Waals surface area contributed by atoms with E-state index in [2.05, 4.69) is 25.4 Å². The van der Waals surface area contributed by atoms with Gasteiger partial charge in [-0.05, 0) is 16.8 Å². The van der Waals surface area contributed by atoms with Gasteiger partial charge in [-0.25, -0.2) is 4.79 Å². The van der Waals surface area contributed by atoms with E-state index in [1.807, 2.05) is 0 Å². The maximum Gasteiger partial charge on any atom is 0.339 e. The van der Waals surface area contributed by atoms with Crippen molar-refractivity contribution in [3.05, 3.63) is 29.8 Å². The van der Waals surface area contributed by atoms with E-state index in [0.717, 1.165) is 0 Å². The quantitative estimate of drug-likeness (QED) is 0.729. The number of ether oxygens (including phenoxy) is 1. The Morgan fingerprint density at radius 2 is 2.35 bits per heavy atom. The molecule has 1 heterocycles. The zero-order valence-electron chi connectivity index (χ0n) is 8.99. The Morgan fingerprint density at radius 1 is 1.53 bits per heavy atom. The number of benzene rings is 1. The van der Waals surface area contributed by atoms with E-state index < -0.39 is 12.1 Å². The standard InChI is InChI=1S/C10H10N4O3/c1-17-10(16)8(15)6-3-2-4-7(5-6)9-11-13-14-12-9/h2-5,8,15H,1H3,(H,11,12,13,14). The topological polar surface area (TPSA) is 101 Å². The van der Waals surface area contributed by atoms with Crippen LogP contribution < -0.4 is 0 Å². The largest absolute Gasteiger partial charge is 0.467 e. The van der Waals surface area contributed by atoms with E-state index in [0.29, 0.717) is 17.0 Å². The van der Waals surface area contributed by atoms with E-state index >= 15 is 0 Å². The molecule has 0 radical (unpaired) electrons. The molecule has 0 aliphatic heterocycles. The van der Waals surface area contributed by atoms with Crippen molar-refractivity contribution in [1.82, 2.24) is 20.6 Å². The lowest BCUT2D eigenvalue weighted by Crippen LogP contribution is -2.13. The van der Waals surface area contributed by atoms with Gasteiger partial charge in [0.2, 0.25) is 5.82 Å². The van der Waals surface area contributed by atoms with Crippen LogP contribution in [0.15, 0.2) is 24.3 Å². The zero-order chi connectivity index (χ0) is 12.3. The molecule has 0 aliphatic rings. The molecule has 1 atom stereocenters. The number of aliphatic hydroxyl groups is 1. The number of nitrogens with one attached hydrogen (secondary N) is 1. The van der Waals surface area contributed by atoms with Crippen LogP contribution >= 0.6 is 0 Å². The molecule has 0 spiro atoms. The molecule has 0 bridgehead atoms. The van der Waals surface area contributed by atoms with Crippen LogP contribution in [0, 0.1) is 0 Å². The predicted octanol–water partition coefficient (Wildman–Crippen LogP) is 0.0731. The molecule has 2 rings (SSSR count). The first-order chi connectivity index (χ1) is 8.22. The second-order valence-corrected chi connectivity index (χ2v) is 3.29. The lowest BCUT2D eigenvalue weighted by molar-refractivity contribution is -0.150. The van der Waals surface area contributed by atoms with E-state index in [1.165, 1.54) is 7.11 Å². The summed E-state index contributed by atoms with van der Waals surface area (Å²) in [6.45, 7) is 0. The summed E-state index contributed by atoms with van der Waals surface area (Å²) in [6, 6.07) is 6.66. The fourth-order valence-electron chi connectivity index (χ4n) is 1.38. The van der Waals surface area contributed by atoms with Gasteiger partial charge >= 0.3 is 5.97 Å². The minimum atomic E-state index is -1.31. The number of aromatic nitrogens is 4. The summed E-state index contributed by atoms with van der Waals surface area (Å²) < 4.78 is 4.46. The molecule has 0 saturated carbocycles. The number of rotatable bonds is 3. The average molecular weight is 234 g/mol. The molecule has 0 aliphatic carbocycles. The van der Waals surface area contributed by atoms with Gasteiger partial charge < -0.3 is 9.84 Å². The summed E-state index contributed by atoms with van der Waals surface area (Å²) in [5.74, 6) is -0.320. The summed E-state index contributed by atoms with van der Waals surface area (Å²) in [7, 11) is 1.22. The summed E-state index contributed by atoms with van der Waals surface area (Å²) in [6.07, 6.45) is -1.31. The number of carbonyl (C=O) groups is 1. The Labute approximate surface area is 96.4 Å². The number of aliphatic hydroxyl groups excluding tert-OH is 1. The van der Waals surface area contributed by atoms with Gasteiger partial charge in [-0.2, -0.15) is 5.21 Å². The number of esters is 1. The molecule has 88 valence electrons. The first-order valence-corrected chi connectivity index (χ1v) is 4.82. The molecule has 0 fully saturated rings. The lowest BCUT2D eigenvalue weighted by atomic mass is 10.1. The number of tetrazole rings is 1. The summed E-state index contributed by atoms with van der Waals surface area (Å²) in [4.78, 5) is 11.2. The highest BCUT2D eigenvalue weighted by Crippen LogP contribution is 2.20. The summed E-state index contributed by atoms with van der Waals surface area (Å²) in [5, 5.41) is 23.0.